The van der Waals surface area contributed by atoms with Gasteiger partial charge in [-0.1, -0.05) is 24.4 Å². The molecule has 1 aromatic carbocycles. The topological polar surface area (TPSA) is 21.3 Å². The first-order valence-electron chi connectivity index (χ1n) is 6.80. The van der Waals surface area contributed by atoms with E-state index in [9.17, 15) is 0 Å². The first-order valence-corrected chi connectivity index (χ1v) is 8.57. The second-order valence-electron chi connectivity index (χ2n) is 4.54. The predicted octanol–water partition coefficient (Wildman–Crippen LogP) is 4.36. The summed E-state index contributed by atoms with van der Waals surface area (Å²) < 4.78 is 5.32. The van der Waals surface area contributed by atoms with Gasteiger partial charge in [-0.15, -0.1) is 0 Å². The van der Waals surface area contributed by atoms with Crippen LogP contribution < -0.4 is 10.1 Å². The number of thioether (sulfide) groups is 1. The van der Waals surface area contributed by atoms with Crippen LogP contribution in [0.2, 0.25) is 5.02 Å². The van der Waals surface area contributed by atoms with E-state index in [-0.39, 0.29) is 0 Å². The maximum absolute atomic E-state index is 6.00. The second kappa shape index (κ2) is 10.4. The quantitative estimate of drug-likeness (QED) is 0.649. The first kappa shape index (κ1) is 16.7. The van der Waals surface area contributed by atoms with Gasteiger partial charge in [-0.2, -0.15) is 11.8 Å². The van der Waals surface area contributed by atoms with Crippen LogP contribution in [0.15, 0.2) is 18.2 Å². The van der Waals surface area contributed by atoms with Crippen LogP contribution in [-0.4, -0.2) is 25.7 Å². The van der Waals surface area contributed by atoms with Gasteiger partial charge >= 0.3 is 0 Å². The molecule has 2 nitrogen and oxygen atoms in total. The van der Waals surface area contributed by atoms with Gasteiger partial charge in [0.1, 0.15) is 5.75 Å². The molecule has 1 N–H and O–H groups in total. The molecule has 0 aromatic heterocycles. The van der Waals surface area contributed by atoms with Gasteiger partial charge in [-0.25, -0.2) is 0 Å². The lowest BCUT2D eigenvalue weighted by Crippen LogP contribution is -2.15. The Kier molecular flexibility index (Phi) is 9.14. The Bertz CT molecular complexity index is 360. The van der Waals surface area contributed by atoms with E-state index in [0.717, 1.165) is 29.4 Å². The molecule has 19 heavy (non-hydrogen) atoms. The van der Waals surface area contributed by atoms with E-state index in [1.54, 1.807) is 7.11 Å². The van der Waals surface area contributed by atoms with Crippen LogP contribution >= 0.6 is 23.4 Å². The number of unbranched alkanes of at least 4 members (excludes halogenated alkanes) is 3. The molecule has 0 amide bonds. The molecule has 0 aliphatic heterocycles. The molecule has 0 spiro atoms. The summed E-state index contributed by atoms with van der Waals surface area (Å²) in [6.45, 7) is 1.86. The van der Waals surface area contributed by atoms with E-state index >= 15 is 0 Å². The summed E-state index contributed by atoms with van der Waals surface area (Å²) in [5, 5.41) is 4.21. The molecule has 0 aliphatic carbocycles. The fourth-order valence-electron chi connectivity index (χ4n) is 1.96. The van der Waals surface area contributed by atoms with E-state index in [2.05, 4.69) is 11.6 Å². The summed E-state index contributed by atoms with van der Waals surface area (Å²) in [6.07, 6.45) is 7.38. The lowest BCUT2D eigenvalue weighted by atomic mass is 10.2. The third-order valence-electron chi connectivity index (χ3n) is 3.01. The molecule has 0 atom stereocenters. The Morgan fingerprint density at radius 2 is 2.00 bits per heavy atom. The largest absolute Gasteiger partial charge is 0.496 e. The van der Waals surface area contributed by atoms with Gasteiger partial charge in [0.05, 0.1) is 7.11 Å². The molecule has 0 fully saturated rings. The van der Waals surface area contributed by atoms with Crippen molar-refractivity contribution in [2.75, 3.05) is 25.7 Å². The third kappa shape index (κ3) is 7.09. The number of hydrogen-bond donors (Lipinski definition) is 1. The molecule has 0 heterocycles. The van der Waals surface area contributed by atoms with Crippen LogP contribution in [0.3, 0.4) is 0 Å². The molecular formula is C15H24ClNOS. The zero-order valence-corrected chi connectivity index (χ0v) is 13.4. The van der Waals surface area contributed by atoms with Crippen molar-refractivity contribution in [3.05, 3.63) is 28.8 Å². The van der Waals surface area contributed by atoms with Gasteiger partial charge in [0, 0.05) is 17.1 Å². The summed E-state index contributed by atoms with van der Waals surface area (Å²) in [6, 6.07) is 5.74. The van der Waals surface area contributed by atoms with Crippen molar-refractivity contribution in [1.29, 1.82) is 0 Å². The standard InChI is InChI=1S/C15H24ClNOS/c1-18-15-8-7-14(16)11-13(15)12-17-9-5-3-4-6-10-19-2/h7-8,11,17H,3-6,9-10,12H2,1-2H3. The van der Waals surface area contributed by atoms with E-state index < -0.39 is 0 Å². The predicted molar refractivity (Wildman–Crippen MR) is 86.6 cm³/mol. The maximum Gasteiger partial charge on any atom is 0.123 e. The average molecular weight is 302 g/mol. The van der Waals surface area contributed by atoms with Crippen LogP contribution in [0.25, 0.3) is 0 Å². The van der Waals surface area contributed by atoms with Crippen molar-refractivity contribution < 1.29 is 4.74 Å². The van der Waals surface area contributed by atoms with E-state index in [4.69, 9.17) is 16.3 Å². The van der Waals surface area contributed by atoms with Gasteiger partial charge in [0.2, 0.25) is 0 Å². The highest BCUT2D eigenvalue weighted by Crippen LogP contribution is 2.22. The van der Waals surface area contributed by atoms with Crippen LogP contribution in [-0.2, 0) is 6.54 Å². The van der Waals surface area contributed by atoms with Crippen LogP contribution in [0, 0.1) is 0 Å². The van der Waals surface area contributed by atoms with Gasteiger partial charge < -0.3 is 10.1 Å². The number of ether oxygens (including phenoxy) is 1. The van der Waals surface area contributed by atoms with Crippen LogP contribution in [0.1, 0.15) is 31.2 Å². The molecule has 1 aromatic rings. The lowest BCUT2D eigenvalue weighted by Gasteiger charge is -2.10. The second-order valence-corrected chi connectivity index (χ2v) is 5.96. The highest BCUT2D eigenvalue weighted by molar-refractivity contribution is 7.98. The smallest absolute Gasteiger partial charge is 0.123 e. The van der Waals surface area contributed by atoms with Gasteiger partial charge in [0.25, 0.3) is 0 Å². The molecule has 108 valence electrons. The molecule has 0 aliphatic rings. The molecule has 0 saturated heterocycles. The minimum atomic E-state index is 0.759. The number of benzene rings is 1. The number of methoxy groups -OCH3 is 1. The first-order chi connectivity index (χ1) is 9.27. The van der Waals surface area contributed by atoms with E-state index in [1.807, 2.05) is 30.0 Å². The number of halogens is 1. The van der Waals surface area contributed by atoms with Crippen molar-refractivity contribution in [3.8, 4) is 5.75 Å². The lowest BCUT2D eigenvalue weighted by molar-refractivity contribution is 0.407. The molecule has 0 unspecified atom stereocenters. The zero-order chi connectivity index (χ0) is 13.9. The molecule has 1 rings (SSSR count). The Hall–Kier alpha value is -0.380. The van der Waals surface area contributed by atoms with E-state index in [1.165, 1.54) is 31.4 Å². The monoisotopic (exact) mass is 301 g/mol. The molecular weight excluding hydrogens is 278 g/mol. The summed E-state index contributed by atoms with van der Waals surface area (Å²) in [7, 11) is 1.69. The normalized spacial score (nSPS) is 10.7. The molecule has 0 radical (unpaired) electrons. The zero-order valence-electron chi connectivity index (χ0n) is 11.9. The van der Waals surface area contributed by atoms with Gasteiger partial charge in [0.15, 0.2) is 0 Å². The minimum absolute atomic E-state index is 0.759. The van der Waals surface area contributed by atoms with Crippen molar-refractivity contribution in [1.82, 2.24) is 5.32 Å². The van der Waals surface area contributed by atoms with Gasteiger partial charge in [-0.05, 0) is 49.6 Å². The summed E-state index contributed by atoms with van der Waals surface area (Å²) in [5.41, 5.74) is 1.12. The molecule has 4 heteroatoms. The third-order valence-corrected chi connectivity index (χ3v) is 3.94. The SMILES string of the molecule is COc1ccc(Cl)cc1CNCCCCCCSC. The van der Waals surface area contributed by atoms with Crippen molar-refractivity contribution in [3.63, 3.8) is 0 Å². The fraction of sp³-hybridized carbons (Fsp3) is 0.600. The van der Waals surface area contributed by atoms with Crippen molar-refractivity contribution in [2.24, 2.45) is 0 Å². The van der Waals surface area contributed by atoms with Crippen LogP contribution in [0.4, 0.5) is 0 Å². The highest BCUT2D eigenvalue weighted by atomic mass is 35.5. The Morgan fingerprint density at radius 3 is 2.74 bits per heavy atom. The van der Waals surface area contributed by atoms with Crippen molar-refractivity contribution in [2.45, 2.75) is 32.2 Å². The Morgan fingerprint density at radius 1 is 1.21 bits per heavy atom. The molecule has 0 saturated carbocycles. The highest BCUT2D eigenvalue weighted by Gasteiger charge is 2.03. The van der Waals surface area contributed by atoms with Crippen LogP contribution in [0.5, 0.6) is 5.75 Å². The molecule has 0 bridgehead atoms. The number of rotatable bonds is 10. The summed E-state index contributed by atoms with van der Waals surface area (Å²) in [4.78, 5) is 0. The number of hydrogen-bond acceptors (Lipinski definition) is 3. The Balaban J connectivity index is 2.17. The number of nitrogens with one attached hydrogen (secondary N) is 1. The fourth-order valence-corrected chi connectivity index (χ4v) is 2.65. The van der Waals surface area contributed by atoms with Gasteiger partial charge in [-0.3, -0.25) is 0 Å². The van der Waals surface area contributed by atoms with E-state index in [0.29, 0.717) is 0 Å². The summed E-state index contributed by atoms with van der Waals surface area (Å²) in [5.74, 6) is 2.18. The summed E-state index contributed by atoms with van der Waals surface area (Å²) >= 11 is 7.93. The Labute approximate surface area is 126 Å². The maximum atomic E-state index is 6.00. The average Bonchev–Trinajstić information content (AvgIpc) is 2.42. The minimum Gasteiger partial charge on any atom is -0.496 e. The van der Waals surface area contributed by atoms with Crippen molar-refractivity contribution >= 4 is 23.4 Å².